The fourth-order valence-electron chi connectivity index (χ4n) is 4.80. The number of rotatable bonds is 5. The summed E-state index contributed by atoms with van der Waals surface area (Å²) in [6.45, 7) is 3.40. The van der Waals surface area contributed by atoms with Gasteiger partial charge in [0.25, 0.3) is 0 Å². The van der Waals surface area contributed by atoms with Crippen LogP contribution < -0.4 is 10.6 Å². The van der Waals surface area contributed by atoms with E-state index in [1.165, 1.54) is 5.56 Å². The van der Waals surface area contributed by atoms with Gasteiger partial charge in [0, 0.05) is 30.7 Å². The highest BCUT2D eigenvalue weighted by atomic mass is 16.4. The smallest absolute Gasteiger partial charge is 0.407 e. The number of amides is 1. The minimum Gasteiger partial charge on any atom is -0.465 e. The van der Waals surface area contributed by atoms with Gasteiger partial charge in [-0.25, -0.2) is 14.5 Å². The molecule has 3 aromatic rings. The maximum absolute atomic E-state index is 11.4. The van der Waals surface area contributed by atoms with Crippen molar-refractivity contribution >= 4 is 28.6 Å². The molecule has 1 amide bonds. The normalized spacial score (nSPS) is 20.4. The number of nitrogen functional groups attached to an aromatic ring is 1. The lowest BCUT2D eigenvalue weighted by atomic mass is 10.1. The number of anilines is 2. The van der Waals surface area contributed by atoms with Gasteiger partial charge in [0.1, 0.15) is 5.82 Å². The van der Waals surface area contributed by atoms with Gasteiger partial charge in [-0.3, -0.25) is 0 Å². The molecule has 8 nitrogen and oxygen atoms in total. The summed E-state index contributed by atoms with van der Waals surface area (Å²) < 4.78 is 1.89. The van der Waals surface area contributed by atoms with Crippen LogP contribution in [0.5, 0.6) is 0 Å². The number of hydrogen-bond acceptors (Lipinski definition) is 5. The highest BCUT2D eigenvalue weighted by Crippen LogP contribution is 2.34. The van der Waals surface area contributed by atoms with E-state index >= 15 is 0 Å². The molecular formula is C22H26N6O2. The zero-order valence-electron chi connectivity index (χ0n) is 17.0. The van der Waals surface area contributed by atoms with E-state index in [1.807, 2.05) is 16.8 Å². The maximum atomic E-state index is 11.4. The van der Waals surface area contributed by atoms with Gasteiger partial charge in [0.15, 0.2) is 5.82 Å². The second-order valence-corrected chi connectivity index (χ2v) is 8.25. The Morgan fingerprint density at radius 3 is 2.83 bits per heavy atom. The third kappa shape index (κ3) is 3.03. The molecule has 2 saturated heterocycles. The van der Waals surface area contributed by atoms with Gasteiger partial charge in [-0.1, -0.05) is 19.4 Å². The molecule has 30 heavy (non-hydrogen) atoms. The third-order valence-electron chi connectivity index (χ3n) is 6.35. The van der Waals surface area contributed by atoms with E-state index in [0.717, 1.165) is 48.1 Å². The summed E-state index contributed by atoms with van der Waals surface area (Å²) in [5.74, 6) is 1.37. The molecule has 0 radical (unpaired) electrons. The number of carboxylic acid groups (broad SMARTS) is 1. The second-order valence-electron chi connectivity index (χ2n) is 8.25. The number of aryl methyl sites for hydroxylation is 1. The number of unbranched alkanes of at least 4 members (excludes halogenated alkanes) is 1. The van der Waals surface area contributed by atoms with Gasteiger partial charge in [-0.05, 0) is 43.0 Å². The summed E-state index contributed by atoms with van der Waals surface area (Å²) in [6.07, 6.45) is 5.16. The van der Waals surface area contributed by atoms with E-state index in [0.29, 0.717) is 18.9 Å². The first-order chi connectivity index (χ1) is 14.5. The number of pyridine rings is 1. The number of fused-ring (bicyclic) bond motifs is 3. The molecule has 2 aliphatic heterocycles. The van der Waals surface area contributed by atoms with Crippen molar-refractivity contribution in [3.63, 3.8) is 0 Å². The average molecular weight is 406 g/mol. The number of nitrogens with zero attached hydrogens (tertiary/aromatic N) is 5. The van der Waals surface area contributed by atoms with Crippen LogP contribution in [0, 0.1) is 0 Å². The summed E-state index contributed by atoms with van der Waals surface area (Å²) in [5, 5.41) is 14.9. The molecule has 0 spiro atoms. The van der Waals surface area contributed by atoms with E-state index in [2.05, 4.69) is 40.1 Å². The molecule has 2 fully saturated rings. The molecule has 3 N–H and O–H groups in total. The van der Waals surface area contributed by atoms with E-state index in [1.54, 1.807) is 11.1 Å². The Bertz CT molecular complexity index is 1110. The molecular weight excluding hydrogens is 380 g/mol. The van der Waals surface area contributed by atoms with Crippen LogP contribution in [0.2, 0.25) is 0 Å². The predicted molar refractivity (Wildman–Crippen MR) is 116 cm³/mol. The first-order valence-electron chi connectivity index (χ1n) is 10.5. The van der Waals surface area contributed by atoms with E-state index in [4.69, 9.17) is 5.73 Å². The molecule has 1 aromatic carbocycles. The average Bonchev–Trinajstić information content (AvgIpc) is 3.45. The lowest BCUT2D eigenvalue weighted by molar-refractivity contribution is 0.137. The summed E-state index contributed by atoms with van der Waals surface area (Å²) >= 11 is 0. The molecule has 156 valence electrons. The Morgan fingerprint density at radius 1 is 1.23 bits per heavy atom. The first-order valence-corrected chi connectivity index (χ1v) is 10.5. The molecule has 2 atom stereocenters. The standard InChI is InChI=1S/C22H26N6O2/c1-2-3-4-14-5-6-18-19(9-14)28(25-21(18)23)15-7-8-24-20(11-15)26-12-17-10-16(26)13-27(17)22(29)30/h5-9,11,16-17H,2-4,10,12-13H2,1H3,(H2,23,25)(H,29,30)/t16-,17-/m0/s1. The van der Waals surface area contributed by atoms with Gasteiger partial charge in [0.05, 0.1) is 23.3 Å². The quantitative estimate of drug-likeness (QED) is 0.674. The number of hydrogen-bond donors (Lipinski definition) is 2. The van der Waals surface area contributed by atoms with Crippen molar-refractivity contribution in [2.45, 2.75) is 44.7 Å². The van der Waals surface area contributed by atoms with Crippen LogP contribution >= 0.6 is 0 Å². The van der Waals surface area contributed by atoms with Gasteiger partial charge >= 0.3 is 6.09 Å². The van der Waals surface area contributed by atoms with Crippen LogP contribution in [0.25, 0.3) is 16.6 Å². The molecule has 2 bridgehead atoms. The summed E-state index contributed by atoms with van der Waals surface area (Å²) in [6, 6.07) is 10.5. The number of likely N-dealkylation sites (tertiary alicyclic amines) is 1. The maximum Gasteiger partial charge on any atom is 0.407 e. The Kier molecular flexibility index (Phi) is 4.49. The Balaban J connectivity index is 1.47. The van der Waals surface area contributed by atoms with Crippen molar-refractivity contribution in [3.8, 4) is 5.69 Å². The Labute approximate surface area is 174 Å². The number of nitrogens with two attached hydrogens (primary N) is 1. The number of aromatic nitrogens is 3. The highest BCUT2D eigenvalue weighted by molar-refractivity contribution is 5.90. The Morgan fingerprint density at radius 2 is 2.10 bits per heavy atom. The molecule has 0 aliphatic carbocycles. The third-order valence-corrected chi connectivity index (χ3v) is 6.35. The van der Waals surface area contributed by atoms with Crippen molar-refractivity contribution in [1.82, 2.24) is 19.7 Å². The zero-order chi connectivity index (χ0) is 20.8. The van der Waals surface area contributed by atoms with Crippen LogP contribution in [0.15, 0.2) is 36.5 Å². The molecule has 8 heteroatoms. The van der Waals surface area contributed by atoms with Crippen LogP contribution in [-0.4, -0.2) is 56.0 Å². The van der Waals surface area contributed by atoms with Crippen molar-refractivity contribution < 1.29 is 9.90 Å². The summed E-state index contributed by atoms with van der Waals surface area (Å²) in [7, 11) is 0. The SMILES string of the molecule is CCCCc1ccc2c(N)nn(-c3ccnc(N4C[C@@H]5C[C@H]4CN5C(=O)O)c3)c2c1. The van der Waals surface area contributed by atoms with E-state index in [-0.39, 0.29) is 12.1 Å². The monoisotopic (exact) mass is 406 g/mol. The topological polar surface area (TPSA) is 101 Å². The van der Waals surface area contributed by atoms with Gasteiger partial charge in [-0.15, -0.1) is 5.10 Å². The lowest BCUT2D eigenvalue weighted by Crippen LogP contribution is -2.48. The van der Waals surface area contributed by atoms with E-state index < -0.39 is 6.09 Å². The number of carbonyl (C=O) groups is 1. The number of benzene rings is 1. The van der Waals surface area contributed by atoms with Crippen molar-refractivity contribution in [2.75, 3.05) is 23.7 Å². The molecule has 5 rings (SSSR count). The zero-order valence-corrected chi connectivity index (χ0v) is 17.0. The lowest BCUT2D eigenvalue weighted by Gasteiger charge is -2.33. The van der Waals surface area contributed by atoms with Crippen LogP contribution in [0.1, 0.15) is 31.7 Å². The highest BCUT2D eigenvalue weighted by Gasteiger charge is 2.45. The van der Waals surface area contributed by atoms with Crippen molar-refractivity contribution in [2.24, 2.45) is 0 Å². The predicted octanol–water partition coefficient (Wildman–Crippen LogP) is 3.29. The molecule has 4 heterocycles. The second kappa shape index (κ2) is 7.19. The summed E-state index contributed by atoms with van der Waals surface area (Å²) in [5.41, 5.74) is 9.39. The first kappa shape index (κ1) is 18.7. The molecule has 2 aliphatic rings. The molecule has 0 saturated carbocycles. The Hall–Kier alpha value is -3.29. The molecule has 2 aromatic heterocycles. The number of piperazine rings is 1. The van der Waals surface area contributed by atoms with Gasteiger partial charge in [0.2, 0.25) is 0 Å². The van der Waals surface area contributed by atoms with Crippen molar-refractivity contribution in [3.05, 3.63) is 42.1 Å². The fraction of sp³-hybridized carbons (Fsp3) is 0.409. The van der Waals surface area contributed by atoms with E-state index in [9.17, 15) is 9.90 Å². The van der Waals surface area contributed by atoms with Crippen molar-refractivity contribution in [1.29, 1.82) is 0 Å². The fourth-order valence-corrected chi connectivity index (χ4v) is 4.80. The van der Waals surface area contributed by atoms with Gasteiger partial charge < -0.3 is 20.6 Å². The van der Waals surface area contributed by atoms with Crippen LogP contribution in [-0.2, 0) is 6.42 Å². The minimum atomic E-state index is -0.832. The minimum absolute atomic E-state index is 0.0419. The largest absolute Gasteiger partial charge is 0.465 e. The summed E-state index contributed by atoms with van der Waals surface area (Å²) in [4.78, 5) is 19.7. The molecule has 0 unspecified atom stereocenters. The van der Waals surface area contributed by atoms with Crippen LogP contribution in [0.3, 0.4) is 0 Å². The van der Waals surface area contributed by atoms with Crippen LogP contribution in [0.4, 0.5) is 16.4 Å². The van der Waals surface area contributed by atoms with Gasteiger partial charge in [-0.2, -0.15) is 0 Å².